The first-order valence-corrected chi connectivity index (χ1v) is 4.13. The summed E-state index contributed by atoms with van der Waals surface area (Å²) >= 11 is 0. The van der Waals surface area contributed by atoms with Crippen LogP contribution in [0.1, 0.15) is 34.6 Å². The summed E-state index contributed by atoms with van der Waals surface area (Å²) in [7, 11) is 0. The van der Waals surface area contributed by atoms with Gasteiger partial charge in [-0.15, -0.1) is 0 Å². The van der Waals surface area contributed by atoms with Gasteiger partial charge in [0.15, 0.2) is 0 Å². The van der Waals surface area contributed by atoms with Gasteiger partial charge < -0.3 is 9.47 Å². The summed E-state index contributed by atoms with van der Waals surface area (Å²) < 4.78 is 11.0. The van der Waals surface area contributed by atoms with Gasteiger partial charge in [-0.05, 0) is 34.6 Å². The lowest BCUT2D eigenvalue weighted by Gasteiger charge is -2.32. The molecule has 0 bridgehead atoms. The molecule has 1 heterocycles. The average Bonchev–Trinajstić information content (AvgIpc) is 2.30. The zero-order chi connectivity index (χ0) is 8.70. The van der Waals surface area contributed by atoms with E-state index in [-0.39, 0.29) is 11.2 Å². The molecule has 1 saturated heterocycles. The van der Waals surface area contributed by atoms with Crippen molar-refractivity contribution in [1.82, 2.24) is 0 Å². The summed E-state index contributed by atoms with van der Waals surface area (Å²) in [6.07, 6.45) is 0.307. The number of hydrogen-bond acceptors (Lipinski definition) is 2. The molecule has 0 N–H and O–H groups in total. The normalized spacial score (nSPS) is 25.4. The fraction of sp³-hybridized carbons (Fsp3) is 1.00. The predicted octanol–water partition coefficient (Wildman–Crippen LogP) is 1.98. The van der Waals surface area contributed by atoms with Crippen molar-refractivity contribution in [3.05, 3.63) is 0 Å². The van der Waals surface area contributed by atoms with Gasteiger partial charge in [-0.2, -0.15) is 0 Å². The van der Waals surface area contributed by atoms with Crippen LogP contribution < -0.4 is 0 Å². The van der Waals surface area contributed by atoms with Gasteiger partial charge in [0.05, 0.1) is 17.8 Å². The van der Waals surface area contributed by atoms with E-state index in [0.717, 1.165) is 6.61 Å². The highest BCUT2D eigenvalue weighted by Gasteiger charge is 2.42. The molecular formula is C9H18O2. The molecule has 0 spiro atoms. The minimum atomic E-state index is -0.127. The maximum atomic E-state index is 5.82. The molecule has 0 radical (unpaired) electrons. The monoisotopic (exact) mass is 158 g/mol. The molecule has 0 aromatic carbocycles. The van der Waals surface area contributed by atoms with Crippen molar-refractivity contribution in [3.8, 4) is 0 Å². The molecule has 2 heteroatoms. The van der Waals surface area contributed by atoms with Crippen LogP contribution in [0.3, 0.4) is 0 Å². The van der Waals surface area contributed by atoms with E-state index < -0.39 is 0 Å². The molecule has 0 amide bonds. The fourth-order valence-corrected chi connectivity index (χ4v) is 1.30. The molecule has 1 atom stereocenters. The van der Waals surface area contributed by atoms with Crippen LogP contribution in [0.25, 0.3) is 0 Å². The third kappa shape index (κ3) is 2.80. The molecule has 1 aliphatic heterocycles. The minimum Gasteiger partial charge on any atom is -0.370 e. The second-order valence-corrected chi connectivity index (χ2v) is 4.64. The lowest BCUT2D eigenvalue weighted by atomic mass is 10.0. The number of epoxide rings is 1. The molecule has 0 aliphatic carbocycles. The van der Waals surface area contributed by atoms with Crippen molar-refractivity contribution in [2.75, 3.05) is 6.61 Å². The topological polar surface area (TPSA) is 21.8 Å². The minimum absolute atomic E-state index is 0.0740. The van der Waals surface area contributed by atoms with Crippen molar-refractivity contribution in [2.24, 2.45) is 0 Å². The first kappa shape index (κ1) is 9.01. The smallest absolute Gasteiger partial charge is 0.109 e. The van der Waals surface area contributed by atoms with Crippen LogP contribution in [-0.4, -0.2) is 23.9 Å². The molecule has 0 aromatic heterocycles. The van der Waals surface area contributed by atoms with E-state index in [2.05, 4.69) is 34.6 Å². The lowest BCUT2D eigenvalue weighted by molar-refractivity contribution is -0.123. The zero-order valence-electron chi connectivity index (χ0n) is 8.10. The Morgan fingerprint density at radius 1 is 1.18 bits per heavy atom. The Balaban J connectivity index is 2.45. The van der Waals surface area contributed by atoms with Crippen LogP contribution in [0.5, 0.6) is 0 Å². The van der Waals surface area contributed by atoms with Crippen LogP contribution >= 0.6 is 0 Å². The molecule has 1 rings (SSSR count). The summed E-state index contributed by atoms with van der Waals surface area (Å²) in [5, 5.41) is 0. The summed E-state index contributed by atoms with van der Waals surface area (Å²) in [6.45, 7) is 11.2. The van der Waals surface area contributed by atoms with E-state index in [1.165, 1.54) is 0 Å². The van der Waals surface area contributed by atoms with Crippen LogP contribution in [0.15, 0.2) is 0 Å². The maximum absolute atomic E-state index is 5.82. The van der Waals surface area contributed by atoms with Crippen molar-refractivity contribution in [3.63, 3.8) is 0 Å². The van der Waals surface area contributed by atoms with E-state index in [0.29, 0.717) is 6.10 Å². The van der Waals surface area contributed by atoms with Crippen LogP contribution in [0.4, 0.5) is 0 Å². The van der Waals surface area contributed by atoms with Crippen LogP contribution in [-0.2, 0) is 9.47 Å². The second kappa shape index (κ2) is 2.46. The van der Waals surface area contributed by atoms with E-state index in [1.807, 2.05) is 0 Å². The third-order valence-corrected chi connectivity index (χ3v) is 1.68. The highest BCUT2D eigenvalue weighted by Crippen LogP contribution is 2.31. The maximum Gasteiger partial charge on any atom is 0.109 e. The number of rotatable bonds is 2. The molecule has 0 aromatic rings. The van der Waals surface area contributed by atoms with Gasteiger partial charge in [-0.25, -0.2) is 0 Å². The van der Waals surface area contributed by atoms with Crippen LogP contribution in [0.2, 0.25) is 0 Å². The average molecular weight is 158 g/mol. The first-order chi connectivity index (χ1) is 4.81. The van der Waals surface area contributed by atoms with E-state index in [9.17, 15) is 0 Å². The van der Waals surface area contributed by atoms with Crippen LogP contribution in [0, 0.1) is 0 Å². The van der Waals surface area contributed by atoms with Gasteiger partial charge in [-0.1, -0.05) is 0 Å². The van der Waals surface area contributed by atoms with Gasteiger partial charge in [-0.3, -0.25) is 0 Å². The van der Waals surface area contributed by atoms with Crippen molar-refractivity contribution < 1.29 is 9.47 Å². The highest BCUT2D eigenvalue weighted by molar-refractivity contribution is 4.90. The highest BCUT2D eigenvalue weighted by atomic mass is 16.6. The summed E-state index contributed by atoms with van der Waals surface area (Å²) in [6, 6.07) is 0. The van der Waals surface area contributed by atoms with Gasteiger partial charge in [0.2, 0.25) is 0 Å². The second-order valence-electron chi connectivity index (χ2n) is 4.64. The quantitative estimate of drug-likeness (QED) is 0.573. The molecule has 11 heavy (non-hydrogen) atoms. The van der Waals surface area contributed by atoms with Crippen molar-refractivity contribution in [2.45, 2.75) is 51.9 Å². The zero-order valence-corrected chi connectivity index (χ0v) is 8.10. The Morgan fingerprint density at radius 2 is 1.64 bits per heavy atom. The molecule has 0 saturated carbocycles. The third-order valence-electron chi connectivity index (χ3n) is 1.68. The predicted molar refractivity (Wildman–Crippen MR) is 44.7 cm³/mol. The molecule has 1 fully saturated rings. The van der Waals surface area contributed by atoms with Gasteiger partial charge in [0.1, 0.15) is 6.10 Å². The Bertz CT molecular complexity index is 140. The van der Waals surface area contributed by atoms with Gasteiger partial charge in [0.25, 0.3) is 0 Å². The fourth-order valence-electron chi connectivity index (χ4n) is 1.30. The summed E-state index contributed by atoms with van der Waals surface area (Å²) in [5.74, 6) is 0. The standard InChI is InChI=1S/C9H18O2/c1-8(2,3)11-9(4,5)7-6-10-7/h7H,6H2,1-5H3/t7-/m0/s1. The van der Waals surface area contributed by atoms with E-state index in [4.69, 9.17) is 9.47 Å². The summed E-state index contributed by atoms with van der Waals surface area (Å²) in [4.78, 5) is 0. The Labute approximate surface area is 68.9 Å². The number of ether oxygens (including phenoxy) is 2. The van der Waals surface area contributed by atoms with Crippen molar-refractivity contribution in [1.29, 1.82) is 0 Å². The van der Waals surface area contributed by atoms with Gasteiger partial charge >= 0.3 is 0 Å². The molecule has 1 aliphatic rings. The Kier molecular flexibility index (Phi) is 2.01. The molecule has 66 valence electrons. The largest absolute Gasteiger partial charge is 0.370 e. The molecule has 2 nitrogen and oxygen atoms in total. The summed E-state index contributed by atoms with van der Waals surface area (Å²) in [5.41, 5.74) is -0.201. The molecule has 0 unspecified atom stereocenters. The SMILES string of the molecule is CC(C)(C)OC(C)(C)[C@@H]1CO1. The Hall–Kier alpha value is -0.0800. The first-order valence-electron chi connectivity index (χ1n) is 4.13. The van der Waals surface area contributed by atoms with E-state index in [1.54, 1.807) is 0 Å². The Morgan fingerprint density at radius 3 is 1.91 bits per heavy atom. The number of hydrogen-bond donors (Lipinski definition) is 0. The van der Waals surface area contributed by atoms with Gasteiger partial charge in [0, 0.05) is 0 Å². The van der Waals surface area contributed by atoms with E-state index >= 15 is 0 Å². The van der Waals surface area contributed by atoms with Crippen molar-refractivity contribution >= 4 is 0 Å². The molecular weight excluding hydrogens is 140 g/mol. The lowest BCUT2D eigenvalue weighted by Crippen LogP contribution is -2.39.